The first kappa shape index (κ1) is 10.2. The summed E-state index contributed by atoms with van der Waals surface area (Å²) < 4.78 is 0. The quantitative estimate of drug-likeness (QED) is 0.550. The van der Waals surface area contributed by atoms with Crippen molar-refractivity contribution in [2.75, 3.05) is 13.6 Å². The molecular formula is C11H11N3. The lowest BCUT2D eigenvalue weighted by Gasteiger charge is -1.90. The van der Waals surface area contributed by atoms with Gasteiger partial charge in [-0.25, -0.2) is 0 Å². The Hall–Kier alpha value is -1.84. The van der Waals surface area contributed by atoms with Crippen LogP contribution in [0.25, 0.3) is 0 Å². The van der Waals surface area contributed by atoms with Crippen molar-refractivity contribution < 1.29 is 0 Å². The number of pyridine rings is 1. The Morgan fingerprint density at radius 1 is 1.43 bits per heavy atom. The molecule has 0 aliphatic rings. The molecule has 0 bridgehead atoms. The summed E-state index contributed by atoms with van der Waals surface area (Å²) >= 11 is 0. The maximum atomic E-state index is 8.62. The van der Waals surface area contributed by atoms with Gasteiger partial charge in [0.05, 0.1) is 5.56 Å². The lowest BCUT2D eigenvalue weighted by atomic mass is 10.2. The van der Waals surface area contributed by atoms with Crippen LogP contribution in [0, 0.1) is 23.2 Å². The van der Waals surface area contributed by atoms with Crippen LogP contribution in [-0.2, 0) is 0 Å². The van der Waals surface area contributed by atoms with Crippen molar-refractivity contribution in [3.8, 4) is 17.9 Å². The van der Waals surface area contributed by atoms with Crippen molar-refractivity contribution in [1.29, 1.82) is 5.26 Å². The first-order valence-electron chi connectivity index (χ1n) is 4.35. The molecule has 0 spiro atoms. The van der Waals surface area contributed by atoms with Gasteiger partial charge in [-0.3, -0.25) is 4.98 Å². The highest BCUT2D eigenvalue weighted by Gasteiger charge is 1.90. The first-order valence-corrected chi connectivity index (χ1v) is 4.35. The highest BCUT2D eigenvalue weighted by molar-refractivity contribution is 5.38. The number of hydrogen-bond donors (Lipinski definition) is 1. The molecule has 3 heteroatoms. The lowest BCUT2D eigenvalue weighted by Crippen LogP contribution is -2.05. The zero-order valence-corrected chi connectivity index (χ0v) is 8.04. The third-order valence-corrected chi connectivity index (χ3v) is 1.60. The van der Waals surface area contributed by atoms with Crippen LogP contribution in [0.5, 0.6) is 0 Å². The summed E-state index contributed by atoms with van der Waals surface area (Å²) in [5, 5.41) is 11.6. The molecule has 0 fully saturated rings. The molecule has 1 N–H and O–H groups in total. The van der Waals surface area contributed by atoms with E-state index in [0.29, 0.717) is 5.56 Å². The fraction of sp³-hybridized carbons (Fsp3) is 0.273. The molecule has 0 aliphatic heterocycles. The van der Waals surface area contributed by atoms with E-state index in [1.807, 2.05) is 13.1 Å². The summed E-state index contributed by atoms with van der Waals surface area (Å²) in [5.74, 6) is 5.94. The number of aromatic nitrogens is 1. The molecular weight excluding hydrogens is 174 g/mol. The predicted molar refractivity (Wildman–Crippen MR) is 54.4 cm³/mol. The van der Waals surface area contributed by atoms with Gasteiger partial charge in [0.2, 0.25) is 0 Å². The summed E-state index contributed by atoms with van der Waals surface area (Å²) in [6, 6.07) is 3.76. The van der Waals surface area contributed by atoms with Crippen LogP contribution in [0.1, 0.15) is 17.5 Å². The van der Waals surface area contributed by atoms with E-state index in [1.54, 1.807) is 12.3 Å². The van der Waals surface area contributed by atoms with Gasteiger partial charge in [0.25, 0.3) is 0 Å². The molecule has 1 aromatic heterocycles. The van der Waals surface area contributed by atoms with Crippen LogP contribution >= 0.6 is 0 Å². The summed E-state index contributed by atoms with van der Waals surface area (Å²) in [6.45, 7) is 0.873. The van der Waals surface area contributed by atoms with Gasteiger partial charge in [0.1, 0.15) is 6.07 Å². The second kappa shape index (κ2) is 5.75. The first-order chi connectivity index (χ1) is 6.86. The minimum atomic E-state index is 0.547. The molecule has 1 aromatic rings. The van der Waals surface area contributed by atoms with Gasteiger partial charge in [-0.2, -0.15) is 5.26 Å². The van der Waals surface area contributed by atoms with Crippen molar-refractivity contribution in [1.82, 2.24) is 10.3 Å². The number of rotatable bonds is 2. The smallest absolute Gasteiger partial charge is 0.101 e. The molecule has 0 aliphatic carbocycles. The second-order valence-corrected chi connectivity index (χ2v) is 2.73. The van der Waals surface area contributed by atoms with Crippen LogP contribution < -0.4 is 5.32 Å². The Bertz CT molecular complexity index is 393. The molecule has 3 nitrogen and oxygen atoms in total. The topological polar surface area (TPSA) is 48.7 Å². The highest BCUT2D eigenvalue weighted by atomic mass is 14.8. The van der Waals surface area contributed by atoms with E-state index in [4.69, 9.17) is 5.26 Å². The Labute approximate surface area is 83.8 Å². The molecule has 70 valence electrons. The average molecular weight is 185 g/mol. The Morgan fingerprint density at radius 2 is 2.21 bits per heavy atom. The minimum Gasteiger partial charge on any atom is -0.319 e. The number of hydrogen-bond acceptors (Lipinski definition) is 3. The van der Waals surface area contributed by atoms with E-state index < -0.39 is 0 Å². The third-order valence-electron chi connectivity index (χ3n) is 1.60. The van der Waals surface area contributed by atoms with Crippen LogP contribution in [0.3, 0.4) is 0 Å². The van der Waals surface area contributed by atoms with E-state index in [9.17, 15) is 0 Å². The molecule has 0 amide bonds. The number of nitrogens with one attached hydrogen (secondary N) is 1. The fourth-order valence-electron chi connectivity index (χ4n) is 0.921. The largest absolute Gasteiger partial charge is 0.319 e. The van der Waals surface area contributed by atoms with E-state index in [2.05, 4.69) is 22.1 Å². The lowest BCUT2D eigenvalue weighted by molar-refractivity contribution is 0.818. The molecule has 1 heterocycles. The van der Waals surface area contributed by atoms with Gasteiger partial charge < -0.3 is 5.32 Å². The molecule has 0 saturated heterocycles. The molecule has 1 rings (SSSR count). The van der Waals surface area contributed by atoms with Crippen LogP contribution in [0.2, 0.25) is 0 Å². The predicted octanol–water partition coefficient (Wildman–Crippen LogP) is 0.914. The SMILES string of the molecule is CNCCC#Cc1cncc(C#N)c1. The third kappa shape index (κ3) is 3.26. The monoisotopic (exact) mass is 185 g/mol. The molecule has 0 radical (unpaired) electrons. The van der Waals surface area contributed by atoms with Crippen molar-refractivity contribution >= 4 is 0 Å². The maximum absolute atomic E-state index is 8.62. The van der Waals surface area contributed by atoms with E-state index >= 15 is 0 Å². The summed E-state index contributed by atoms with van der Waals surface area (Å²) in [5.41, 5.74) is 1.34. The maximum Gasteiger partial charge on any atom is 0.101 e. The molecule has 0 atom stereocenters. The normalized spacial score (nSPS) is 8.57. The van der Waals surface area contributed by atoms with Gasteiger partial charge in [0.15, 0.2) is 0 Å². The van der Waals surface area contributed by atoms with Crippen LogP contribution in [0.15, 0.2) is 18.5 Å². The number of nitriles is 1. The van der Waals surface area contributed by atoms with Gasteiger partial charge >= 0.3 is 0 Å². The molecule has 0 unspecified atom stereocenters. The van der Waals surface area contributed by atoms with Crippen molar-refractivity contribution in [3.63, 3.8) is 0 Å². The van der Waals surface area contributed by atoms with Crippen LogP contribution in [-0.4, -0.2) is 18.6 Å². The van der Waals surface area contributed by atoms with Crippen molar-refractivity contribution in [2.24, 2.45) is 0 Å². The Balaban J connectivity index is 2.66. The summed E-state index contributed by atoms with van der Waals surface area (Å²) in [6.07, 6.45) is 3.99. The van der Waals surface area contributed by atoms with Gasteiger partial charge in [0, 0.05) is 30.9 Å². The number of nitrogens with zero attached hydrogens (tertiary/aromatic N) is 2. The molecule has 14 heavy (non-hydrogen) atoms. The molecule has 0 aromatic carbocycles. The highest BCUT2D eigenvalue weighted by Crippen LogP contribution is 1.98. The van der Waals surface area contributed by atoms with Gasteiger partial charge in [-0.05, 0) is 13.1 Å². The minimum absolute atomic E-state index is 0.547. The summed E-state index contributed by atoms with van der Waals surface area (Å²) in [4.78, 5) is 3.91. The van der Waals surface area contributed by atoms with E-state index in [0.717, 1.165) is 18.5 Å². The van der Waals surface area contributed by atoms with Crippen molar-refractivity contribution in [3.05, 3.63) is 29.6 Å². The second-order valence-electron chi connectivity index (χ2n) is 2.73. The Kier molecular flexibility index (Phi) is 4.20. The Morgan fingerprint density at radius 3 is 2.93 bits per heavy atom. The zero-order valence-electron chi connectivity index (χ0n) is 8.04. The molecule has 0 saturated carbocycles. The standard InChI is InChI=1S/C11H11N3/c1-13-5-3-2-4-10-6-11(7-12)9-14-8-10/h6,8-9,13H,3,5H2,1H3. The fourth-order valence-corrected chi connectivity index (χ4v) is 0.921. The van der Waals surface area contributed by atoms with Crippen LogP contribution in [0.4, 0.5) is 0 Å². The summed E-state index contributed by atoms with van der Waals surface area (Å²) in [7, 11) is 1.89. The average Bonchev–Trinajstić information content (AvgIpc) is 2.25. The van der Waals surface area contributed by atoms with E-state index in [-0.39, 0.29) is 0 Å². The van der Waals surface area contributed by atoms with Crippen molar-refractivity contribution in [2.45, 2.75) is 6.42 Å². The van der Waals surface area contributed by atoms with Gasteiger partial charge in [-0.15, -0.1) is 0 Å². The van der Waals surface area contributed by atoms with E-state index in [1.165, 1.54) is 6.20 Å². The van der Waals surface area contributed by atoms with Gasteiger partial charge in [-0.1, -0.05) is 11.8 Å². The zero-order chi connectivity index (χ0) is 10.2.